The Hall–Kier alpha value is -0.770. The third-order valence-corrected chi connectivity index (χ3v) is 2.64. The quantitative estimate of drug-likeness (QED) is 0.663. The molecule has 0 N–H and O–H groups in total. The van der Waals surface area contributed by atoms with Gasteiger partial charge < -0.3 is 14.5 Å². The maximum Gasteiger partial charge on any atom is 0.320 e. The molecule has 0 bridgehead atoms. The SMILES string of the molecule is CCN(C(=O)N1CCOCC1)C(C)(C)C. The summed E-state index contributed by atoms with van der Waals surface area (Å²) in [5, 5.41) is 0. The van der Waals surface area contributed by atoms with Crippen molar-refractivity contribution in [1.82, 2.24) is 9.80 Å². The van der Waals surface area contributed by atoms with Crippen LogP contribution in [-0.4, -0.2) is 54.2 Å². The number of carbonyl (C=O) groups excluding carboxylic acids is 1. The lowest BCUT2D eigenvalue weighted by molar-refractivity contribution is 0.0345. The number of carbonyl (C=O) groups is 1. The predicted octanol–water partition coefficient (Wildman–Crippen LogP) is 1.56. The smallest absolute Gasteiger partial charge is 0.320 e. The Balaban J connectivity index is 2.63. The van der Waals surface area contributed by atoms with Gasteiger partial charge in [0.25, 0.3) is 0 Å². The lowest BCUT2D eigenvalue weighted by Gasteiger charge is -2.39. The summed E-state index contributed by atoms with van der Waals surface area (Å²) < 4.78 is 5.24. The van der Waals surface area contributed by atoms with Crippen LogP contribution in [-0.2, 0) is 4.74 Å². The molecule has 0 radical (unpaired) electrons. The van der Waals surface area contributed by atoms with E-state index in [1.54, 1.807) is 0 Å². The zero-order chi connectivity index (χ0) is 11.5. The summed E-state index contributed by atoms with van der Waals surface area (Å²) in [5.41, 5.74) is -0.107. The molecule has 1 saturated heterocycles. The molecule has 0 saturated carbocycles. The molecule has 1 aliphatic rings. The van der Waals surface area contributed by atoms with Gasteiger partial charge in [-0.25, -0.2) is 4.79 Å². The molecule has 0 atom stereocenters. The van der Waals surface area contributed by atoms with Gasteiger partial charge in [-0.3, -0.25) is 0 Å². The van der Waals surface area contributed by atoms with Crippen molar-refractivity contribution in [3.8, 4) is 0 Å². The molecule has 88 valence electrons. The van der Waals surface area contributed by atoms with Crippen LogP contribution < -0.4 is 0 Å². The second-order valence-electron chi connectivity index (χ2n) is 4.80. The molecule has 4 heteroatoms. The summed E-state index contributed by atoms with van der Waals surface area (Å²) >= 11 is 0. The second kappa shape index (κ2) is 4.84. The van der Waals surface area contributed by atoms with Crippen LogP contribution in [0.25, 0.3) is 0 Å². The Morgan fingerprint density at radius 3 is 2.27 bits per heavy atom. The summed E-state index contributed by atoms with van der Waals surface area (Å²) in [6.45, 7) is 11.7. The minimum Gasteiger partial charge on any atom is -0.378 e. The fourth-order valence-corrected chi connectivity index (χ4v) is 1.82. The van der Waals surface area contributed by atoms with E-state index < -0.39 is 0 Å². The first-order valence-corrected chi connectivity index (χ1v) is 5.61. The summed E-state index contributed by atoms with van der Waals surface area (Å²) in [7, 11) is 0. The Labute approximate surface area is 92.2 Å². The Bertz CT molecular complexity index is 217. The molecule has 1 rings (SSSR count). The van der Waals surface area contributed by atoms with Crippen molar-refractivity contribution in [3.63, 3.8) is 0 Å². The van der Waals surface area contributed by atoms with Crippen molar-refractivity contribution in [2.75, 3.05) is 32.8 Å². The van der Waals surface area contributed by atoms with Gasteiger partial charge >= 0.3 is 6.03 Å². The molecule has 0 spiro atoms. The number of amides is 2. The minimum atomic E-state index is -0.107. The molecule has 0 unspecified atom stereocenters. The highest BCUT2D eigenvalue weighted by atomic mass is 16.5. The van der Waals surface area contributed by atoms with E-state index in [4.69, 9.17) is 4.74 Å². The van der Waals surface area contributed by atoms with Gasteiger partial charge in [-0.15, -0.1) is 0 Å². The Kier molecular flexibility index (Phi) is 3.97. The van der Waals surface area contributed by atoms with Crippen molar-refractivity contribution in [2.45, 2.75) is 33.2 Å². The number of nitrogens with zero attached hydrogens (tertiary/aromatic N) is 2. The lowest BCUT2D eigenvalue weighted by Crippen LogP contribution is -2.54. The van der Waals surface area contributed by atoms with E-state index in [9.17, 15) is 4.79 Å². The summed E-state index contributed by atoms with van der Waals surface area (Å²) in [4.78, 5) is 15.9. The van der Waals surface area contributed by atoms with Gasteiger partial charge in [0.15, 0.2) is 0 Å². The highest BCUT2D eigenvalue weighted by Crippen LogP contribution is 2.15. The largest absolute Gasteiger partial charge is 0.378 e. The molecule has 1 fully saturated rings. The molecule has 4 nitrogen and oxygen atoms in total. The zero-order valence-corrected chi connectivity index (χ0v) is 10.2. The topological polar surface area (TPSA) is 32.8 Å². The normalized spacial score (nSPS) is 17.7. The summed E-state index contributed by atoms with van der Waals surface area (Å²) in [6.07, 6.45) is 0. The van der Waals surface area contributed by atoms with Crippen LogP contribution >= 0.6 is 0 Å². The average Bonchev–Trinajstić information content (AvgIpc) is 2.18. The molecule has 0 aromatic heterocycles. The first kappa shape index (κ1) is 12.3. The van der Waals surface area contributed by atoms with Crippen molar-refractivity contribution < 1.29 is 9.53 Å². The van der Waals surface area contributed by atoms with Gasteiger partial charge in [0.1, 0.15) is 0 Å². The number of hydrogen-bond acceptors (Lipinski definition) is 2. The van der Waals surface area contributed by atoms with Crippen molar-refractivity contribution in [2.24, 2.45) is 0 Å². The van der Waals surface area contributed by atoms with E-state index in [-0.39, 0.29) is 11.6 Å². The first-order chi connectivity index (χ1) is 6.96. The van der Waals surface area contributed by atoms with Crippen LogP contribution in [0.4, 0.5) is 4.79 Å². The Morgan fingerprint density at radius 1 is 1.33 bits per heavy atom. The number of morpholine rings is 1. The summed E-state index contributed by atoms with van der Waals surface area (Å²) in [5.74, 6) is 0. The van der Waals surface area contributed by atoms with E-state index in [1.807, 2.05) is 16.7 Å². The predicted molar refractivity (Wildman–Crippen MR) is 59.9 cm³/mol. The van der Waals surface area contributed by atoms with Crippen LogP contribution in [0.3, 0.4) is 0 Å². The highest BCUT2D eigenvalue weighted by molar-refractivity contribution is 5.75. The van der Waals surface area contributed by atoms with Gasteiger partial charge in [-0.05, 0) is 27.7 Å². The Morgan fingerprint density at radius 2 is 1.87 bits per heavy atom. The van der Waals surface area contributed by atoms with Crippen molar-refractivity contribution in [3.05, 3.63) is 0 Å². The standard InChI is InChI=1S/C11H22N2O2/c1-5-13(11(2,3)4)10(14)12-6-8-15-9-7-12/h5-9H2,1-4H3. The lowest BCUT2D eigenvalue weighted by atomic mass is 10.1. The van der Waals surface area contributed by atoms with Crippen molar-refractivity contribution >= 4 is 6.03 Å². The minimum absolute atomic E-state index is 0.107. The molecule has 0 aromatic rings. The fourth-order valence-electron chi connectivity index (χ4n) is 1.82. The van der Waals surface area contributed by atoms with E-state index in [2.05, 4.69) is 20.8 Å². The molecule has 0 aromatic carbocycles. The van der Waals surface area contributed by atoms with E-state index in [0.29, 0.717) is 26.3 Å². The van der Waals surface area contributed by atoms with Crippen molar-refractivity contribution in [1.29, 1.82) is 0 Å². The first-order valence-electron chi connectivity index (χ1n) is 5.61. The number of urea groups is 1. The van der Waals surface area contributed by atoms with Gasteiger partial charge in [0.05, 0.1) is 13.2 Å². The molecule has 2 amide bonds. The van der Waals surface area contributed by atoms with Crippen LogP contribution in [0.5, 0.6) is 0 Å². The molecule has 1 aliphatic heterocycles. The fraction of sp³-hybridized carbons (Fsp3) is 0.909. The monoisotopic (exact) mass is 214 g/mol. The van der Waals surface area contributed by atoms with Gasteiger partial charge in [0.2, 0.25) is 0 Å². The second-order valence-corrected chi connectivity index (χ2v) is 4.80. The third-order valence-electron chi connectivity index (χ3n) is 2.64. The van der Waals surface area contributed by atoms with Crippen LogP contribution in [0, 0.1) is 0 Å². The van der Waals surface area contributed by atoms with Gasteiger partial charge in [0, 0.05) is 25.2 Å². The third kappa shape index (κ3) is 3.09. The number of rotatable bonds is 1. The van der Waals surface area contributed by atoms with Crippen LogP contribution in [0.2, 0.25) is 0 Å². The van der Waals surface area contributed by atoms with E-state index in [0.717, 1.165) is 6.54 Å². The van der Waals surface area contributed by atoms with Gasteiger partial charge in [-0.1, -0.05) is 0 Å². The molecule has 0 aliphatic carbocycles. The average molecular weight is 214 g/mol. The molecule has 15 heavy (non-hydrogen) atoms. The highest BCUT2D eigenvalue weighted by Gasteiger charge is 2.29. The van der Waals surface area contributed by atoms with E-state index >= 15 is 0 Å². The summed E-state index contributed by atoms with van der Waals surface area (Å²) in [6, 6.07) is 0.133. The van der Waals surface area contributed by atoms with Gasteiger partial charge in [-0.2, -0.15) is 0 Å². The number of ether oxygens (including phenoxy) is 1. The number of hydrogen-bond donors (Lipinski definition) is 0. The van der Waals surface area contributed by atoms with Crippen LogP contribution in [0.1, 0.15) is 27.7 Å². The maximum absolute atomic E-state index is 12.2. The molecule has 1 heterocycles. The molecular formula is C11H22N2O2. The maximum atomic E-state index is 12.2. The van der Waals surface area contributed by atoms with Crippen LogP contribution in [0.15, 0.2) is 0 Å². The van der Waals surface area contributed by atoms with E-state index in [1.165, 1.54) is 0 Å². The molecular weight excluding hydrogens is 192 g/mol. The zero-order valence-electron chi connectivity index (χ0n) is 10.2.